The maximum absolute atomic E-state index is 13.1. The summed E-state index contributed by atoms with van der Waals surface area (Å²) < 4.78 is 17.5. The maximum Gasteiger partial charge on any atom is 0.308 e. The highest BCUT2D eigenvalue weighted by molar-refractivity contribution is 5.70. The number of hydrogen-bond acceptors (Lipinski definition) is 3. The van der Waals surface area contributed by atoms with Crippen LogP contribution in [0.4, 0.5) is 4.39 Å². The molecule has 82 valence electrons. The molecule has 1 aromatic rings. The Kier molecular flexibility index (Phi) is 3.80. The van der Waals surface area contributed by atoms with Gasteiger partial charge in [0.15, 0.2) is 0 Å². The molecule has 3 nitrogen and oxygen atoms in total. The van der Waals surface area contributed by atoms with Crippen LogP contribution in [0.1, 0.15) is 23.7 Å². The lowest BCUT2D eigenvalue weighted by molar-refractivity contribution is -0.142. The standard InChI is InChI=1S/C11H13FO3/c1-7-3-4-8(5-9(7)12)10(13)6-11(14)15-2/h3-5,10,13H,6H2,1-2H3/t10-/m0/s1. The Morgan fingerprint density at radius 1 is 1.60 bits per heavy atom. The normalized spacial score (nSPS) is 12.3. The van der Waals surface area contributed by atoms with E-state index in [1.54, 1.807) is 19.1 Å². The van der Waals surface area contributed by atoms with Crippen molar-refractivity contribution >= 4 is 5.97 Å². The van der Waals surface area contributed by atoms with E-state index in [4.69, 9.17) is 0 Å². The summed E-state index contributed by atoms with van der Waals surface area (Å²) >= 11 is 0. The molecule has 1 N–H and O–H groups in total. The van der Waals surface area contributed by atoms with Crippen molar-refractivity contribution in [2.45, 2.75) is 19.4 Å². The van der Waals surface area contributed by atoms with Gasteiger partial charge >= 0.3 is 5.97 Å². The Labute approximate surface area is 87.5 Å². The van der Waals surface area contributed by atoms with Crippen molar-refractivity contribution in [1.29, 1.82) is 0 Å². The zero-order valence-electron chi connectivity index (χ0n) is 8.66. The molecule has 0 aliphatic rings. The average molecular weight is 212 g/mol. The summed E-state index contributed by atoms with van der Waals surface area (Å²) in [5.74, 6) is -0.917. The first kappa shape index (κ1) is 11.7. The average Bonchev–Trinajstić information content (AvgIpc) is 2.21. The number of aliphatic hydroxyl groups is 1. The van der Waals surface area contributed by atoms with Gasteiger partial charge in [-0.3, -0.25) is 4.79 Å². The predicted molar refractivity (Wildman–Crippen MR) is 52.7 cm³/mol. The molecule has 0 aliphatic carbocycles. The number of carbonyl (C=O) groups is 1. The maximum atomic E-state index is 13.1. The summed E-state index contributed by atoms with van der Waals surface area (Å²) in [7, 11) is 1.24. The van der Waals surface area contributed by atoms with Crippen LogP contribution >= 0.6 is 0 Å². The first-order valence-corrected chi connectivity index (χ1v) is 4.55. The minimum atomic E-state index is -1.02. The zero-order valence-corrected chi connectivity index (χ0v) is 8.66. The molecule has 4 heteroatoms. The number of aliphatic hydroxyl groups excluding tert-OH is 1. The van der Waals surface area contributed by atoms with E-state index in [0.29, 0.717) is 11.1 Å². The van der Waals surface area contributed by atoms with Crippen LogP contribution in [0.15, 0.2) is 18.2 Å². The van der Waals surface area contributed by atoms with Crippen LogP contribution in [0.5, 0.6) is 0 Å². The Balaban J connectivity index is 2.78. The van der Waals surface area contributed by atoms with E-state index >= 15 is 0 Å². The lowest BCUT2D eigenvalue weighted by atomic mass is 10.0. The van der Waals surface area contributed by atoms with Crippen LogP contribution in [-0.2, 0) is 9.53 Å². The van der Waals surface area contributed by atoms with Gasteiger partial charge in [-0.05, 0) is 24.1 Å². The molecular formula is C11H13FO3. The van der Waals surface area contributed by atoms with Crippen molar-refractivity contribution in [2.75, 3.05) is 7.11 Å². The highest BCUT2D eigenvalue weighted by Gasteiger charge is 2.14. The van der Waals surface area contributed by atoms with Gasteiger partial charge in [0, 0.05) is 0 Å². The monoisotopic (exact) mass is 212 g/mol. The van der Waals surface area contributed by atoms with Crippen LogP contribution in [0.25, 0.3) is 0 Å². The number of esters is 1. The third-order valence-corrected chi connectivity index (χ3v) is 2.17. The molecule has 0 saturated carbocycles. The molecule has 1 atom stereocenters. The Morgan fingerprint density at radius 2 is 2.27 bits per heavy atom. The largest absolute Gasteiger partial charge is 0.469 e. The molecular weight excluding hydrogens is 199 g/mol. The Bertz CT molecular complexity index is 363. The van der Waals surface area contributed by atoms with Gasteiger partial charge in [-0.1, -0.05) is 12.1 Å². The smallest absolute Gasteiger partial charge is 0.308 e. The molecule has 0 fully saturated rings. The second-order valence-corrected chi connectivity index (χ2v) is 3.30. The second kappa shape index (κ2) is 4.89. The van der Waals surface area contributed by atoms with Gasteiger partial charge in [0.2, 0.25) is 0 Å². The number of hydrogen-bond donors (Lipinski definition) is 1. The molecule has 1 rings (SSSR count). The van der Waals surface area contributed by atoms with Gasteiger partial charge in [-0.2, -0.15) is 0 Å². The minimum Gasteiger partial charge on any atom is -0.469 e. The van der Waals surface area contributed by atoms with Gasteiger partial charge in [0.25, 0.3) is 0 Å². The molecule has 0 aliphatic heterocycles. The molecule has 0 aromatic heterocycles. The zero-order chi connectivity index (χ0) is 11.4. The molecule has 0 radical (unpaired) electrons. The first-order chi connectivity index (χ1) is 7.04. The topological polar surface area (TPSA) is 46.5 Å². The van der Waals surface area contributed by atoms with Gasteiger partial charge in [-0.25, -0.2) is 4.39 Å². The number of halogens is 1. The fourth-order valence-corrected chi connectivity index (χ4v) is 1.18. The molecule has 0 heterocycles. The highest BCUT2D eigenvalue weighted by Crippen LogP contribution is 2.19. The molecule has 0 bridgehead atoms. The number of rotatable bonds is 3. The predicted octanol–water partition coefficient (Wildman–Crippen LogP) is 1.73. The van der Waals surface area contributed by atoms with E-state index in [-0.39, 0.29) is 6.42 Å². The van der Waals surface area contributed by atoms with E-state index in [9.17, 15) is 14.3 Å². The summed E-state index contributed by atoms with van der Waals surface area (Å²) in [6.45, 7) is 1.63. The van der Waals surface area contributed by atoms with E-state index in [0.717, 1.165) is 0 Å². The highest BCUT2D eigenvalue weighted by atomic mass is 19.1. The minimum absolute atomic E-state index is 0.168. The van der Waals surface area contributed by atoms with Gasteiger partial charge in [0.05, 0.1) is 19.6 Å². The van der Waals surface area contributed by atoms with Gasteiger partial charge < -0.3 is 9.84 Å². The number of methoxy groups -OCH3 is 1. The Morgan fingerprint density at radius 3 is 2.80 bits per heavy atom. The lowest BCUT2D eigenvalue weighted by Gasteiger charge is -2.10. The third kappa shape index (κ3) is 3.02. The van der Waals surface area contributed by atoms with Crippen molar-refractivity contribution in [3.63, 3.8) is 0 Å². The van der Waals surface area contributed by atoms with Crippen LogP contribution in [0.3, 0.4) is 0 Å². The number of ether oxygens (including phenoxy) is 1. The number of benzene rings is 1. The van der Waals surface area contributed by atoms with Crippen LogP contribution in [-0.4, -0.2) is 18.2 Å². The molecule has 0 unspecified atom stereocenters. The molecule has 0 amide bonds. The van der Waals surface area contributed by atoms with E-state index in [1.807, 2.05) is 0 Å². The van der Waals surface area contributed by atoms with Crippen molar-refractivity contribution < 1.29 is 19.0 Å². The quantitative estimate of drug-likeness (QED) is 0.776. The van der Waals surface area contributed by atoms with E-state index in [1.165, 1.54) is 13.2 Å². The van der Waals surface area contributed by atoms with Crippen molar-refractivity contribution in [2.24, 2.45) is 0 Å². The number of carbonyl (C=O) groups excluding carboxylic acids is 1. The summed E-state index contributed by atoms with van der Waals surface area (Å²) in [5.41, 5.74) is 0.882. The summed E-state index contributed by atoms with van der Waals surface area (Å²) in [6.07, 6.45) is -1.19. The lowest BCUT2D eigenvalue weighted by Crippen LogP contribution is -2.08. The van der Waals surface area contributed by atoms with Gasteiger partial charge in [-0.15, -0.1) is 0 Å². The molecule has 15 heavy (non-hydrogen) atoms. The van der Waals surface area contributed by atoms with E-state index < -0.39 is 17.9 Å². The summed E-state index contributed by atoms with van der Waals surface area (Å²) in [4.78, 5) is 10.9. The van der Waals surface area contributed by atoms with Crippen molar-refractivity contribution in [3.05, 3.63) is 35.1 Å². The Hall–Kier alpha value is -1.42. The fraction of sp³-hybridized carbons (Fsp3) is 0.364. The number of aryl methyl sites for hydroxylation is 1. The fourth-order valence-electron chi connectivity index (χ4n) is 1.18. The van der Waals surface area contributed by atoms with Crippen LogP contribution in [0, 0.1) is 12.7 Å². The molecule has 0 spiro atoms. The second-order valence-electron chi connectivity index (χ2n) is 3.30. The summed E-state index contributed by atoms with van der Waals surface area (Å²) in [5, 5.41) is 9.57. The first-order valence-electron chi connectivity index (χ1n) is 4.55. The van der Waals surface area contributed by atoms with Crippen LogP contribution < -0.4 is 0 Å². The van der Waals surface area contributed by atoms with Crippen LogP contribution in [0.2, 0.25) is 0 Å². The summed E-state index contributed by atoms with van der Waals surface area (Å²) in [6, 6.07) is 4.38. The third-order valence-electron chi connectivity index (χ3n) is 2.17. The van der Waals surface area contributed by atoms with Gasteiger partial charge in [0.1, 0.15) is 5.82 Å². The van der Waals surface area contributed by atoms with Crippen molar-refractivity contribution in [1.82, 2.24) is 0 Å². The van der Waals surface area contributed by atoms with Crippen molar-refractivity contribution in [3.8, 4) is 0 Å². The van der Waals surface area contributed by atoms with E-state index in [2.05, 4.69) is 4.74 Å². The SMILES string of the molecule is COC(=O)C[C@H](O)c1ccc(C)c(F)c1. The molecule has 0 saturated heterocycles. The molecule has 1 aromatic carbocycles.